The predicted octanol–water partition coefficient (Wildman–Crippen LogP) is 1.51. The third-order valence-electron chi connectivity index (χ3n) is 2.86. The minimum atomic E-state index is -2.65. The highest BCUT2D eigenvalue weighted by molar-refractivity contribution is 5.80. The van der Waals surface area contributed by atoms with Crippen LogP contribution in [0.1, 0.15) is 25.7 Å². The van der Waals surface area contributed by atoms with Crippen LogP contribution in [0.2, 0.25) is 0 Å². The summed E-state index contributed by atoms with van der Waals surface area (Å²) >= 11 is 0. The van der Waals surface area contributed by atoms with Crippen LogP contribution < -0.4 is 0 Å². The van der Waals surface area contributed by atoms with Crippen LogP contribution in [0.15, 0.2) is 0 Å². The molecular formula is C9H12F2O3. The Morgan fingerprint density at radius 3 is 2.29 bits per heavy atom. The van der Waals surface area contributed by atoms with E-state index in [0.717, 1.165) is 0 Å². The SMILES string of the molecule is O=C1OCCOC12CCC(F)(F)CC2. The van der Waals surface area contributed by atoms with Crippen molar-refractivity contribution in [3.8, 4) is 0 Å². The number of halogens is 2. The summed E-state index contributed by atoms with van der Waals surface area (Å²) in [6.07, 6.45) is -0.443. The lowest BCUT2D eigenvalue weighted by molar-refractivity contribution is -0.207. The highest BCUT2D eigenvalue weighted by atomic mass is 19.3. The van der Waals surface area contributed by atoms with Gasteiger partial charge in [0.15, 0.2) is 5.60 Å². The van der Waals surface area contributed by atoms with Gasteiger partial charge in [0.2, 0.25) is 5.92 Å². The molecule has 1 saturated carbocycles. The van der Waals surface area contributed by atoms with Crippen molar-refractivity contribution in [2.45, 2.75) is 37.2 Å². The number of ether oxygens (including phenoxy) is 2. The van der Waals surface area contributed by atoms with Gasteiger partial charge in [0.05, 0.1) is 6.61 Å². The first-order valence-electron chi connectivity index (χ1n) is 4.73. The fourth-order valence-corrected chi connectivity index (χ4v) is 1.93. The molecule has 80 valence electrons. The third kappa shape index (κ3) is 1.61. The van der Waals surface area contributed by atoms with Crippen LogP contribution >= 0.6 is 0 Å². The van der Waals surface area contributed by atoms with Crippen LogP contribution in [-0.2, 0) is 14.3 Å². The van der Waals surface area contributed by atoms with Crippen LogP contribution in [-0.4, -0.2) is 30.7 Å². The zero-order chi connectivity index (χ0) is 10.2. The summed E-state index contributed by atoms with van der Waals surface area (Å²) in [5.74, 6) is -3.12. The largest absolute Gasteiger partial charge is 0.461 e. The van der Waals surface area contributed by atoms with E-state index in [1.807, 2.05) is 0 Å². The monoisotopic (exact) mass is 206 g/mol. The molecule has 0 radical (unpaired) electrons. The van der Waals surface area contributed by atoms with E-state index >= 15 is 0 Å². The molecule has 1 saturated heterocycles. The Labute approximate surface area is 80.4 Å². The van der Waals surface area contributed by atoms with Crippen LogP contribution in [0, 0.1) is 0 Å². The Morgan fingerprint density at radius 1 is 1.07 bits per heavy atom. The Kier molecular flexibility index (Phi) is 2.21. The molecule has 0 aromatic carbocycles. The van der Waals surface area contributed by atoms with E-state index in [1.54, 1.807) is 0 Å². The molecule has 0 aromatic heterocycles. The van der Waals surface area contributed by atoms with E-state index < -0.39 is 17.5 Å². The van der Waals surface area contributed by atoms with Gasteiger partial charge in [-0.25, -0.2) is 13.6 Å². The molecule has 0 aromatic rings. The number of rotatable bonds is 0. The van der Waals surface area contributed by atoms with E-state index in [1.165, 1.54) is 0 Å². The molecule has 1 spiro atoms. The lowest BCUT2D eigenvalue weighted by atomic mass is 9.82. The predicted molar refractivity (Wildman–Crippen MR) is 43.1 cm³/mol. The van der Waals surface area contributed by atoms with Crippen LogP contribution in [0.25, 0.3) is 0 Å². The molecule has 1 heterocycles. The third-order valence-corrected chi connectivity index (χ3v) is 2.86. The maximum absolute atomic E-state index is 12.9. The zero-order valence-electron chi connectivity index (χ0n) is 7.72. The highest BCUT2D eigenvalue weighted by Crippen LogP contribution is 2.41. The summed E-state index contributed by atoms with van der Waals surface area (Å²) < 4.78 is 35.9. The van der Waals surface area contributed by atoms with Gasteiger partial charge in [0.25, 0.3) is 0 Å². The number of hydrogen-bond acceptors (Lipinski definition) is 3. The first-order chi connectivity index (χ1) is 6.54. The Bertz CT molecular complexity index is 242. The maximum Gasteiger partial charge on any atom is 0.338 e. The Hall–Kier alpha value is -0.710. The molecule has 0 bridgehead atoms. The molecule has 14 heavy (non-hydrogen) atoms. The van der Waals surface area contributed by atoms with Gasteiger partial charge in [-0.2, -0.15) is 0 Å². The minimum absolute atomic E-state index is 0.0683. The van der Waals surface area contributed by atoms with E-state index in [4.69, 9.17) is 9.47 Å². The molecule has 0 unspecified atom stereocenters. The first kappa shape index (κ1) is 9.83. The number of cyclic esters (lactones) is 1. The average molecular weight is 206 g/mol. The van der Waals surface area contributed by atoms with Gasteiger partial charge in [-0.05, 0) is 12.8 Å². The van der Waals surface area contributed by atoms with Crippen LogP contribution in [0.3, 0.4) is 0 Å². The zero-order valence-corrected chi connectivity index (χ0v) is 7.72. The number of hydrogen-bond donors (Lipinski definition) is 0. The summed E-state index contributed by atoms with van der Waals surface area (Å²) in [5.41, 5.74) is -1.07. The summed E-state index contributed by atoms with van der Waals surface area (Å²) in [4.78, 5) is 11.4. The summed E-state index contributed by atoms with van der Waals surface area (Å²) in [5, 5.41) is 0. The molecule has 1 aliphatic heterocycles. The maximum atomic E-state index is 12.9. The smallest absolute Gasteiger partial charge is 0.338 e. The van der Waals surface area contributed by atoms with E-state index in [9.17, 15) is 13.6 Å². The van der Waals surface area contributed by atoms with Gasteiger partial charge < -0.3 is 9.47 Å². The summed E-state index contributed by atoms with van der Waals surface area (Å²) in [7, 11) is 0. The topological polar surface area (TPSA) is 35.5 Å². The molecule has 2 aliphatic rings. The number of carbonyl (C=O) groups excluding carboxylic acids is 1. The lowest BCUT2D eigenvalue weighted by Gasteiger charge is -2.39. The second kappa shape index (κ2) is 3.15. The van der Waals surface area contributed by atoms with Crippen molar-refractivity contribution in [2.75, 3.05) is 13.2 Å². The highest BCUT2D eigenvalue weighted by Gasteiger charge is 2.51. The number of carbonyl (C=O) groups is 1. The summed E-state index contributed by atoms with van der Waals surface area (Å²) in [6, 6.07) is 0. The molecule has 0 atom stereocenters. The van der Waals surface area contributed by atoms with Crippen molar-refractivity contribution in [1.82, 2.24) is 0 Å². The van der Waals surface area contributed by atoms with Gasteiger partial charge in [0, 0.05) is 12.8 Å². The van der Waals surface area contributed by atoms with Crippen molar-refractivity contribution in [2.24, 2.45) is 0 Å². The second-order valence-corrected chi connectivity index (χ2v) is 3.83. The van der Waals surface area contributed by atoms with Gasteiger partial charge in [-0.3, -0.25) is 0 Å². The molecule has 2 fully saturated rings. The lowest BCUT2D eigenvalue weighted by Crippen LogP contribution is -2.51. The Balaban J connectivity index is 2.07. The number of esters is 1. The molecule has 3 nitrogen and oxygen atoms in total. The van der Waals surface area contributed by atoms with Crippen molar-refractivity contribution in [3.05, 3.63) is 0 Å². The first-order valence-corrected chi connectivity index (χ1v) is 4.73. The van der Waals surface area contributed by atoms with E-state index in [2.05, 4.69) is 0 Å². The van der Waals surface area contributed by atoms with E-state index in [0.29, 0.717) is 6.61 Å². The average Bonchev–Trinajstić information content (AvgIpc) is 2.15. The summed E-state index contributed by atoms with van der Waals surface area (Å²) in [6.45, 7) is 0.550. The second-order valence-electron chi connectivity index (χ2n) is 3.83. The van der Waals surface area contributed by atoms with Crippen molar-refractivity contribution >= 4 is 5.97 Å². The fourth-order valence-electron chi connectivity index (χ4n) is 1.93. The van der Waals surface area contributed by atoms with Gasteiger partial charge in [-0.15, -0.1) is 0 Å². The van der Waals surface area contributed by atoms with Crippen molar-refractivity contribution in [3.63, 3.8) is 0 Å². The molecule has 0 N–H and O–H groups in total. The van der Waals surface area contributed by atoms with Crippen molar-refractivity contribution in [1.29, 1.82) is 0 Å². The molecule has 1 aliphatic carbocycles. The van der Waals surface area contributed by atoms with E-state index in [-0.39, 0.29) is 32.3 Å². The quantitative estimate of drug-likeness (QED) is 0.563. The Morgan fingerprint density at radius 2 is 1.71 bits per heavy atom. The molecular weight excluding hydrogens is 194 g/mol. The molecule has 0 amide bonds. The van der Waals surface area contributed by atoms with Crippen molar-refractivity contribution < 1.29 is 23.0 Å². The van der Waals surface area contributed by atoms with Gasteiger partial charge in [0.1, 0.15) is 6.61 Å². The van der Waals surface area contributed by atoms with Crippen LogP contribution in [0.4, 0.5) is 8.78 Å². The standard InChI is InChI=1S/C9H12F2O3/c10-9(11)3-1-8(2-4-9)7(12)13-5-6-14-8/h1-6H2. The van der Waals surface area contributed by atoms with Gasteiger partial charge in [-0.1, -0.05) is 0 Å². The molecule has 5 heteroatoms. The minimum Gasteiger partial charge on any atom is -0.461 e. The normalized spacial score (nSPS) is 30.0. The van der Waals surface area contributed by atoms with Crippen LogP contribution in [0.5, 0.6) is 0 Å². The van der Waals surface area contributed by atoms with Gasteiger partial charge >= 0.3 is 5.97 Å². The molecule has 2 rings (SSSR count). The number of alkyl halides is 2. The fraction of sp³-hybridized carbons (Fsp3) is 0.889.